The van der Waals surface area contributed by atoms with E-state index in [0.29, 0.717) is 0 Å². The maximum Gasteiger partial charge on any atom is 0.0858 e. The molecule has 0 spiro atoms. The molecule has 0 bridgehead atoms. The predicted octanol–water partition coefficient (Wildman–Crippen LogP) is 3.37. The SMILES string of the molecule is BrCCC#Cc1cccc2cccnc12. The summed E-state index contributed by atoms with van der Waals surface area (Å²) in [7, 11) is 0. The average molecular weight is 260 g/mol. The lowest BCUT2D eigenvalue weighted by atomic mass is 10.1. The lowest BCUT2D eigenvalue weighted by molar-refractivity contribution is 1.32. The van der Waals surface area contributed by atoms with Crippen molar-refractivity contribution in [3.8, 4) is 11.8 Å². The number of nitrogens with zero attached hydrogens (tertiary/aromatic N) is 1. The Kier molecular flexibility index (Phi) is 3.37. The highest BCUT2D eigenvalue weighted by Crippen LogP contribution is 2.14. The zero-order valence-electron chi connectivity index (χ0n) is 8.20. The van der Waals surface area contributed by atoms with Gasteiger partial charge in [-0.15, -0.1) is 0 Å². The second kappa shape index (κ2) is 4.95. The molecule has 0 saturated carbocycles. The quantitative estimate of drug-likeness (QED) is 0.566. The molecule has 0 saturated heterocycles. The number of para-hydroxylation sites is 1. The van der Waals surface area contributed by atoms with Gasteiger partial charge in [0.2, 0.25) is 0 Å². The second-order valence-electron chi connectivity index (χ2n) is 3.12. The maximum atomic E-state index is 4.35. The Labute approximate surface area is 97.7 Å². The molecule has 74 valence electrons. The molecular formula is C13H10BrN. The molecule has 0 radical (unpaired) electrons. The molecular weight excluding hydrogens is 250 g/mol. The van der Waals surface area contributed by atoms with Crippen LogP contribution in [-0.4, -0.2) is 10.3 Å². The molecule has 1 aromatic carbocycles. The van der Waals surface area contributed by atoms with E-state index >= 15 is 0 Å². The van der Waals surface area contributed by atoms with E-state index in [0.717, 1.165) is 28.2 Å². The Bertz CT molecular complexity index is 517. The smallest absolute Gasteiger partial charge is 0.0858 e. The molecule has 1 nitrogen and oxygen atoms in total. The van der Waals surface area contributed by atoms with Gasteiger partial charge in [0.15, 0.2) is 0 Å². The fourth-order valence-electron chi connectivity index (χ4n) is 1.41. The number of halogens is 1. The van der Waals surface area contributed by atoms with Crippen molar-refractivity contribution >= 4 is 26.8 Å². The van der Waals surface area contributed by atoms with Gasteiger partial charge >= 0.3 is 0 Å². The summed E-state index contributed by atoms with van der Waals surface area (Å²) in [4.78, 5) is 4.35. The molecule has 0 aliphatic heterocycles. The first-order chi connectivity index (χ1) is 7.42. The van der Waals surface area contributed by atoms with Crippen LogP contribution in [-0.2, 0) is 0 Å². The molecule has 2 rings (SSSR count). The molecule has 0 atom stereocenters. The fraction of sp³-hybridized carbons (Fsp3) is 0.154. The average Bonchev–Trinajstić information content (AvgIpc) is 2.30. The summed E-state index contributed by atoms with van der Waals surface area (Å²) in [6.07, 6.45) is 2.67. The highest BCUT2D eigenvalue weighted by Gasteiger charge is 1.97. The minimum Gasteiger partial charge on any atom is -0.255 e. The molecule has 0 unspecified atom stereocenters. The second-order valence-corrected chi connectivity index (χ2v) is 3.91. The molecule has 2 aromatic rings. The standard InChI is InChI=1S/C13H10BrN/c14-9-2-1-5-11-6-3-7-12-8-4-10-15-13(11)12/h3-4,6-8,10H,2,9H2. The van der Waals surface area contributed by atoms with E-state index in [1.807, 2.05) is 18.2 Å². The van der Waals surface area contributed by atoms with E-state index in [4.69, 9.17) is 0 Å². The Morgan fingerprint density at radius 3 is 2.93 bits per heavy atom. The van der Waals surface area contributed by atoms with E-state index in [9.17, 15) is 0 Å². The number of hydrogen-bond donors (Lipinski definition) is 0. The summed E-state index contributed by atoms with van der Waals surface area (Å²) < 4.78 is 0. The maximum absolute atomic E-state index is 4.35. The molecule has 0 fully saturated rings. The van der Waals surface area contributed by atoms with Crippen LogP contribution in [0.25, 0.3) is 10.9 Å². The van der Waals surface area contributed by atoms with Gasteiger partial charge in [-0.05, 0) is 12.1 Å². The van der Waals surface area contributed by atoms with Crippen LogP contribution in [0.5, 0.6) is 0 Å². The molecule has 0 N–H and O–H groups in total. The van der Waals surface area contributed by atoms with Crippen LogP contribution in [0.3, 0.4) is 0 Å². The van der Waals surface area contributed by atoms with Crippen molar-refractivity contribution in [2.24, 2.45) is 0 Å². The van der Waals surface area contributed by atoms with Crippen LogP contribution < -0.4 is 0 Å². The van der Waals surface area contributed by atoms with E-state index in [2.05, 4.69) is 44.9 Å². The van der Waals surface area contributed by atoms with Gasteiger partial charge in [0.1, 0.15) is 0 Å². The molecule has 1 heterocycles. The summed E-state index contributed by atoms with van der Waals surface area (Å²) >= 11 is 3.35. The van der Waals surface area contributed by atoms with Crippen LogP contribution in [0.4, 0.5) is 0 Å². The van der Waals surface area contributed by atoms with E-state index in [1.165, 1.54) is 0 Å². The summed E-state index contributed by atoms with van der Waals surface area (Å²) in [5.41, 5.74) is 2.00. The van der Waals surface area contributed by atoms with Gasteiger partial charge in [-0.2, -0.15) is 0 Å². The first kappa shape index (κ1) is 10.2. The fourth-order valence-corrected chi connectivity index (χ4v) is 1.61. The zero-order valence-corrected chi connectivity index (χ0v) is 9.79. The number of benzene rings is 1. The third kappa shape index (κ3) is 2.37. The largest absolute Gasteiger partial charge is 0.255 e. The summed E-state index contributed by atoms with van der Waals surface area (Å²) in [5.74, 6) is 6.25. The number of aromatic nitrogens is 1. The van der Waals surface area contributed by atoms with Crippen molar-refractivity contribution in [2.75, 3.05) is 5.33 Å². The molecule has 0 aliphatic carbocycles. The van der Waals surface area contributed by atoms with Crippen LogP contribution in [0.1, 0.15) is 12.0 Å². The monoisotopic (exact) mass is 259 g/mol. The van der Waals surface area contributed by atoms with Crippen LogP contribution >= 0.6 is 15.9 Å². The van der Waals surface area contributed by atoms with Gasteiger partial charge in [-0.25, -0.2) is 0 Å². The zero-order chi connectivity index (χ0) is 10.5. The normalized spacial score (nSPS) is 9.67. The summed E-state index contributed by atoms with van der Waals surface area (Å²) in [5, 5.41) is 2.06. The summed E-state index contributed by atoms with van der Waals surface area (Å²) in [6.45, 7) is 0. The third-order valence-corrected chi connectivity index (χ3v) is 2.47. The van der Waals surface area contributed by atoms with E-state index < -0.39 is 0 Å². The summed E-state index contributed by atoms with van der Waals surface area (Å²) in [6, 6.07) is 10.1. The Balaban J connectivity index is 2.48. The Hall–Kier alpha value is -1.33. The molecule has 2 heteroatoms. The van der Waals surface area contributed by atoms with Gasteiger partial charge in [0, 0.05) is 23.3 Å². The van der Waals surface area contributed by atoms with Crippen LogP contribution in [0.2, 0.25) is 0 Å². The van der Waals surface area contributed by atoms with E-state index in [-0.39, 0.29) is 0 Å². The van der Waals surface area contributed by atoms with Gasteiger partial charge in [-0.3, -0.25) is 4.98 Å². The number of hydrogen-bond acceptors (Lipinski definition) is 1. The van der Waals surface area contributed by atoms with Crippen molar-refractivity contribution < 1.29 is 0 Å². The minimum absolute atomic E-state index is 0.864. The van der Waals surface area contributed by atoms with Gasteiger partial charge in [0.25, 0.3) is 0 Å². The lowest BCUT2D eigenvalue weighted by Crippen LogP contribution is -1.82. The van der Waals surface area contributed by atoms with Gasteiger partial charge in [0.05, 0.1) is 11.1 Å². The molecule has 15 heavy (non-hydrogen) atoms. The van der Waals surface area contributed by atoms with E-state index in [1.54, 1.807) is 6.20 Å². The molecule has 0 aliphatic rings. The topological polar surface area (TPSA) is 12.9 Å². The van der Waals surface area contributed by atoms with Crippen LogP contribution in [0.15, 0.2) is 36.5 Å². The Morgan fingerprint density at radius 2 is 2.07 bits per heavy atom. The van der Waals surface area contributed by atoms with Crippen LogP contribution in [0, 0.1) is 11.8 Å². The highest BCUT2D eigenvalue weighted by molar-refractivity contribution is 9.09. The molecule has 0 amide bonds. The van der Waals surface area contributed by atoms with Crippen molar-refractivity contribution in [3.63, 3.8) is 0 Å². The molecule has 1 aromatic heterocycles. The number of pyridine rings is 1. The van der Waals surface area contributed by atoms with Gasteiger partial charge in [-0.1, -0.05) is 46.0 Å². The van der Waals surface area contributed by atoms with Crippen molar-refractivity contribution in [1.82, 2.24) is 4.98 Å². The highest BCUT2D eigenvalue weighted by atomic mass is 79.9. The third-order valence-electron chi connectivity index (χ3n) is 2.08. The van der Waals surface area contributed by atoms with Crippen molar-refractivity contribution in [1.29, 1.82) is 0 Å². The number of alkyl halides is 1. The predicted molar refractivity (Wildman–Crippen MR) is 67.0 cm³/mol. The van der Waals surface area contributed by atoms with Crippen molar-refractivity contribution in [3.05, 3.63) is 42.1 Å². The number of fused-ring (bicyclic) bond motifs is 1. The van der Waals surface area contributed by atoms with Crippen molar-refractivity contribution in [2.45, 2.75) is 6.42 Å². The first-order valence-corrected chi connectivity index (χ1v) is 5.92. The minimum atomic E-state index is 0.864. The van der Waals surface area contributed by atoms with Gasteiger partial charge < -0.3 is 0 Å². The lowest BCUT2D eigenvalue weighted by Gasteiger charge is -1.97. The number of rotatable bonds is 1. The Morgan fingerprint density at radius 1 is 1.20 bits per heavy atom. The first-order valence-electron chi connectivity index (χ1n) is 4.80.